The van der Waals surface area contributed by atoms with Gasteiger partial charge in [0, 0.05) is 11.8 Å². The zero-order valence-electron chi connectivity index (χ0n) is 10.9. The molecule has 0 heterocycles. The van der Waals surface area contributed by atoms with Crippen molar-refractivity contribution in [2.24, 2.45) is 5.73 Å². The van der Waals surface area contributed by atoms with Gasteiger partial charge in [-0.25, -0.2) is 0 Å². The average Bonchev–Trinajstić information content (AvgIpc) is 2.34. The summed E-state index contributed by atoms with van der Waals surface area (Å²) in [4.78, 5) is 0. The van der Waals surface area contributed by atoms with Crippen molar-refractivity contribution in [3.8, 4) is 11.5 Å². The van der Waals surface area contributed by atoms with E-state index in [1.54, 1.807) is 14.2 Å². The van der Waals surface area contributed by atoms with Crippen LogP contribution in [0.25, 0.3) is 0 Å². The first kappa shape index (κ1) is 14.2. The van der Waals surface area contributed by atoms with Crippen molar-refractivity contribution in [2.75, 3.05) is 20.0 Å². The first-order chi connectivity index (χ1) is 8.08. The maximum atomic E-state index is 6.14. The number of hydrogen-bond acceptors (Lipinski definition) is 4. The fourth-order valence-corrected chi connectivity index (χ4v) is 2.26. The Morgan fingerprint density at radius 3 is 2.35 bits per heavy atom. The molecule has 0 spiro atoms. The average molecular weight is 255 g/mol. The highest BCUT2D eigenvalue weighted by atomic mass is 32.2. The van der Waals surface area contributed by atoms with Gasteiger partial charge in [0.1, 0.15) is 0 Å². The lowest BCUT2D eigenvalue weighted by atomic mass is 10.1. The molecule has 0 aliphatic heterocycles. The van der Waals surface area contributed by atoms with Crippen LogP contribution < -0.4 is 15.2 Å². The first-order valence-corrected chi connectivity index (χ1v) is 6.72. The van der Waals surface area contributed by atoms with Gasteiger partial charge in [-0.1, -0.05) is 19.9 Å². The number of benzene rings is 1. The second kappa shape index (κ2) is 6.77. The summed E-state index contributed by atoms with van der Waals surface area (Å²) in [5, 5.41) is 0.598. The summed E-state index contributed by atoms with van der Waals surface area (Å²) in [5.74, 6) is 2.38. The van der Waals surface area contributed by atoms with Crippen LogP contribution in [0.15, 0.2) is 18.2 Å². The van der Waals surface area contributed by atoms with Crippen LogP contribution in [0.4, 0.5) is 0 Å². The van der Waals surface area contributed by atoms with Crippen molar-refractivity contribution in [1.29, 1.82) is 0 Å². The van der Waals surface area contributed by atoms with Crippen LogP contribution in [0.5, 0.6) is 11.5 Å². The highest BCUT2D eigenvalue weighted by Crippen LogP contribution is 2.30. The fraction of sp³-hybridized carbons (Fsp3) is 0.538. The molecule has 17 heavy (non-hydrogen) atoms. The van der Waals surface area contributed by atoms with E-state index in [1.165, 1.54) is 0 Å². The van der Waals surface area contributed by atoms with E-state index < -0.39 is 0 Å². The Morgan fingerprint density at radius 1 is 1.18 bits per heavy atom. The molecule has 0 aliphatic carbocycles. The number of thioether (sulfide) groups is 1. The Bertz CT molecular complexity index is 355. The van der Waals surface area contributed by atoms with Crippen LogP contribution in [-0.4, -0.2) is 25.2 Å². The number of nitrogens with two attached hydrogens (primary N) is 1. The third-order valence-corrected chi connectivity index (χ3v) is 3.66. The molecule has 0 fully saturated rings. The molecule has 0 radical (unpaired) electrons. The molecule has 0 bridgehead atoms. The highest BCUT2D eigenvalue weighted by Gasteiger charge is 2.11. The molecular weight excluding hydrogens is 234 g/mol. The summed E-state index contributed by atoms with van der Waals surface area (Å²) >= 11 is 1.86. The zero-order valence-corrected chi connectivity index (χ0v) is 11.7. The SMILES string of the molecule is COc1ccc(C(N)CSC(C)C)cc1OC. The van der Waals surface area contributed by atoms with E-state index in [-0.39, 0.29) is 6.04 Å². The third-order valence-electron chi connectivity index (χ3n) is 2.44. The largest absolute Gasteiger partial charge is 0.493 e. The molecule has 3 nitrogen and oxygen atoms in total. The van der Waals surface area contributed by atoms with Crippen LogP contribution in [0.3, 0.4) is 0 Å². The maximum Gasteiger partial charge on any atom is 0.161 e. The van der Waals surface area contributed by atoms with E-state index in [1.807, 2.05) is 30.0 Å². The first-order valence-electron chi connectivity index (χ1n) is 5.67. The van der Waals surface area contributed by atoms with Crippen LogP contribution in [0.2, 0.25) is 0 Å². The lowest BCUT2D eigenvalue weighted by Gasteiger charge is -2.15. The van der Waals surface area contributed by atoms with Gasteiger partial charge in [0.05, 0.1) is 14.2 Å². The molecule has 1 aromatic carbocycles. The molecule has 1 rings (SSSR count). The summed E-state index contributed by atoms with van der Waals surface area (Å²) in [6.45, 7) is 4.35. The van der Waals surface area contributed by atoms with E-state index in [2.05, 4.69) is 13.8 Å². The third kappa shape index (κ3) is 4.13. The number of hydrogen-bond donors (Lipinski definition) is 1. The molecule has 1 aromatic rings. The fourth-order valence-electron chi connectivity index (χ4n) is 1.48. The molecular formula is C13H21NO2S. The van der Waals surface area contributed by atoms with Gasteiger partial charge >= 0.3 is 0 Å². The van der Waals surface area contributed by atoms with Crippen LogP contribution in [-0.2, 0) is 0 Å². The van der Waals surface area contributed by atoms with Crippen LogP contribution in [0.1, 0.15) is 25.5 Å². The van der Waals surface area contributed by atoms with Gasteiger partial charge in [0.2, 0.25) is 0 Å². The van der Waals surface area contributed by atoms with Crippen LogP contribution in [0, 0.1) is 0 Å². The summed E-state index contributed by atoms with van der Waals surface area (Å²) in [5.41, 5.74) is 7.22. The molecule has 0 aliphatic rings. The topological polar surface area (TPSA) is 44.5 Å². The predicted molar refractivity (Wildman–Crippen MR) is 74.1 cm³/mol. The number of ether oxygens (including phenoxy) is 2. The van der Waals surface area contributed by atoms with E-state index in [4.69, 9.17) is 15.2 Å². The molecule has 0 saturated carbocycles. The smallest absolute Gasteiger partial charge is 0.161 e. The summed E-state index contributed by atoms with van der Waals surface area (Å²) in [7, 11) is 3.27. The Kier molecular flexibility index (Phi) is 5.65. The summed E-state index contributed by atoms with van der Waals surface area (Å²) in [6.07, 6.45) is 0. The molecule has 1 atom stereocenters. The van der Waals surface area contributed by atoms with Crippen molar-refractivity contribution in [3.63, 3.8) is 0 Å². The monoisotopic (exact) mass is 255 g/mol. The van der Waals surface area contributed by atoms with Crippen molar-refractivity contribution in [2.45, 2.75) is 25.1 Å². The van der Waals surface area contributed by atoms with Crippen LogP contribution >= 0.6 is 11.8 Å². The normalized spacial score (nSPS) is 12.6. The Hall–Kier alpha value is -0.870. The summed E-state index contributed by atoms with van der Waals surface area (Å²) < 4.78 is 10.5. The minimum absolute atomic E-state index is 0.0298. The molecule has 0 saturated heterocycles. The van der Waals surface area contributed by atoms with Crippen molar-refractivity contribution in [3.05, 3.63) is 23.8 Å². The molecule has 2 N–H and O–H groups in total. The second-order valence-electron chi connectivity index (χ2n) is 4.10. The quantitative estimate of drug-likeness (QED) is 0.849. The molecule has 0 aromatic heterocycles. The molecule has 1 unspecified atom stereocenters. The van der Waals surface area contributed by atoms with Crippen molar-refractivity contribution < 1.29 is 9.47 Å². The van der Waals surface area contributed by atoms with Gasteiger partial charge in [0.25, 0.3) is 0 Å². The predicted octanol–water partition coefficient (Wildman–Crippen LogP) is 2.85. The van der Waals surface area contributed by atoms with Gasteiger partial charge in [-0.2, -0.15) is 11.8 Å². The minimum atomic E-state index is 0.0298. The number of methoxy groups -OCH3 is 2. The zero-order chi connectivity index (χ0) is 12.8. The Morgan fingerprint density at radius 2 is 1.82 bits per heavy atom. The minimum Gasteiger partial charge on any atom is -0.493 e. The van der Waals surface area contributed by atoms with E-state index in [0.717, 1.165) is 22.8 Å². The van der Waals surface area contributed by atoms with Gasteiger partial charge < -0.3 is 15.2 Å². The lowest BCUT2D eigenvalue weighted by Crippen LogP contribution is -2.14. The molecule has 0 amide bonds. The van der Waals surface area contributed by atoms with Gasteiger partial charge in [-0.15, -0.1) is 0 Å². The maximum absolute atomic E-state index is 6.14. The lowest BCUT2D eigenvalue weighted by molar-refractivity contribution is 0.354. The molecule has 4 heteroatoms. The summed E-state index contributed by atoms with van der Waals surface area (Å²) in [6, 6.07) is 5.87. The van der Waals surface area contributed by atoms with Crippen molar-refractivity contribution >= 4 is 11.8 Å². The standard InChI is InChI=1S/C13H21NO2S/c1-9(2)17-8-11(14)10-5-6-12(15-3)13(7-10)16-4/h5-7,9,11H,8,14H2,1-4H3. The second-order valence-corrected chi connectivity index (χ2v) is 5.71. The van der Waals surface area contributed by atoms with Gasteiger partial charge in [0.15, 0.2) is 11.5 Å². The van der Waals surface area contributed by atoms with E-state index >= 15 is 0 Å². The van der Waals surface area contributed by atoms with Gasteiger partial charge in [-0.05, 0) is 22.9 Å². The Labute approximate surface area is 108 Å². The molecule has 96 valence electrons. The van der Waals surface area contributed by atoms with Crippen molar-refractivity contribution in [1.82, 2.24) is 0 Å². The van der Waals surface area contributed by atoms with Gasteiger partial charge in [-0.3, -0.25) is 0 Å². The van der Waals surface area contributed by atoms with E-state index in [0.29, 0.717) is 5.25 Å². The Balaban J connectivity index is 2.77. The number of rotatable bonds is 6. The van der Waals surface area contributed by atoms with E-state index in [9.17, 15) is 0 Å². The highest BCUT2D eigenvalue weighted by molar-refractivity contribution is 7.99.